The summed E-state index contributed by atoms with van der Waals surface area (Å²) >= 11 is 2.99. The largest absolute Gasteiger partial charge is 0.463 e. The standard InChI is InChI=1S/C40H66O14S2/c1-35(2,3)53-32(44)38(9,10)24-39(11,33(45)52-28-14-16-50-30(28)42)25-55-21-19-47-17-18-48-20-22-56-26-40(12,34(46)54-36(4,5)6)23-37(7,8)31(43)51-27-13-15-49-29(27)41/h27-28H,13-26H2,1-12H3. The highest BCUT2D eigenvalue weighted by atomic mass is 32.2. The summed E-state index contributed by atoms with van der Waals surface area (Å²) in [6.45, 7) is 23.0. The average Bonchev–Trinajstić information content (AvgIpc) is 3.65. The molecule has 0 amide bonds. The van der Waals surface area contributed by atoms with Gasteiger partial charge >= 0.3 is 35.8 Å². The Balaban J connectivity index is 1.82. The first-order valence-electron chi connectivity index (χ1n) is 19.2. The molecule has 0 spiro atoms. The van der Waals surface area contributed by atoms with E-state index in [0.29, 0.717) is 62.3 Å². The van der Waals surface area contributed by atoms with Crippen molar-refractivity contribution in [1.82, 2.24) is 0 Å². The summed E-state index contributed by atoms with van der Waals surface area (Å²) in [6.07, 6.45) is -0.998. The molecule has 2 aliphatic rings. The molecule has 2 fully saturated rings. The molecule has 4 unspecified atom stereocenters. The first kappa shape index (κ1) is 49.6. The maximum atomic E-state index is 13.5. The molecule has 322 valence electrons. The molecular formula is C40H66O14S2. The van der Waals surface area contributed by atoms with E-state index in [1.54, 1.807) is 83.1 Å². The van der Waals surface area contributed by atoms with Crippen molar-refractivity contribution in [3.63, 3.8) is 0 Å². The van der Waals surface area contributed by atoms with Gasteiger partial charge in [0.2, 0.25) is 12.2 Å². The SMILES string of the molecule is CC(C)(C)OC(=O)C(C)(C)CC(C)(CSCCOCCOCCSCC(C)(CC(C)(C)C(=O)OC1CCOC1=O)C(=O)OC(C)(C)C)C(=O)OC1CCOC1=O. The molecule has 2 heterocycles. The van der Waals surface area contributed by atoms with Crippen LogP contribution in [-0.4, -0.2) is 122 Å². The van der Waals surface area contributed by atoms with E-state index in [2.05, 4.69) is 0 Å². The highest BCUT2D eigenvalue weighted by Gasteiger charge is 2.48. The summed E-state index contributed by atoms with van der Waals surface area (Å²) in [5.41, 5.74) is -5.62. The Bertz CT molecular complexity index is 1370. The molecule has 0 aromatic carbocycles. The maximum absolute atomic E-state index is 13.5. The maximum Gasteiger partial charge on any atom is 0.347 e. The normalized spacial score (nSPS) is 20.0. The third-order valence-corrected chi connectivity index (χ3v) is 11.4. The van der Waals surface area contributed by atoms with Gasteiger partial charge in [0.15, 0.2) is 0 Å². The van der Waals surface area contributed by atoms with Crippen LogP contribution in [0.4, 0.5) is 0 Å². The molecule has 14 nitrogen and oxygen atoms in total. The summed E-state index contributed by atoms with van der Waals surface area (Å²) in [6, 6.07) is 0. The van der Waals surface area contributed by atoms with Crippen LogP contribution in [0.1, 0.15) is 109 Å². The monoisotopic (exact) mass is 834 g/mol. The van der Waals surface area contributed by atoms with Crippen LogP contribution in [0.25, 0.3) is 0 Å². The summed E-state index contributed by atoms with van der Waals surface area (Å²) in [4.78, 5) is 76.9. The lowest BCUT2D eigenvalue weighted by Crippen LogP contribution is -2.43. The van der Waals surface area contributed by atoms with Crippen molar-refractivity contribution >= 4 is 59.3 Å². The lowest BCUT2D eigenvalue weighted by atomic mass is 9.74. The zero-order valence-electron chi connectivity index (χ0n) is 35.6. The Labute approximate surface area is 341 Å². The summed E-state index contributed by atoms with van der Waals surface area (Å²) in [5.74, 6) is -1.28. The lowest BCUT2D eigenvalue weighted by Gasteiger charge is -2.36. The molecule has 0 N–H and O–H groups in total. The summed E-state index contributed by atoms with van der Waals surface area (Å²) < 4.78 is 43.8. The number of thioether (sulfide) groups is 2. The summed E-state index contributed by atoms with van der Waals surface area (Å²) in [7, 11) is 0. The number of hydrogen-bond acceptors (Lipinski definition) is 16. The molecule has 2 aliphatic heterocycles. The first-order valence-corrected chi connectivity index (χ1v) is 21.5. The van der Waals surface area contributed by atoms with Gasteiger partial charge in [-0.3, -0.25) is 19.2 Å². The van der Waals surface area contributed by atoms with Gasteiger partial charge in [0.1, 0.15) is 11.2 Å². The fourth-order valence-corrected chi connectivity index (χ4v) is 8.26. The average molecular weight is 835 g/mol. The third-order valence-electron chi connectivity index (χ3n) is 8.78. The molecular weight excluding hydrogens is 769 g/mol. The van der Waals surface area contributed by atoms with Crippen LogP contribution in [0.15, 0.2) is 0 Å². The summed E-state index contributed by atoms with van der Waals surface area (Å²) in [5, 5.41) is 0. The first-order chi connectivity index (χ1) is 25.7. The van der Waals surface area contributed by atoms with Crippen LogP contribution in [-0.2, 0) is 66.7 Å². The minimum atomic E-state index is -1.10. The predicted molar refractivity (Wildman–Crippen MR) is 212 cm³/mol. The van der Waals surface area contributed by atoms with E-state index in [4.69, 9.17) is 37.9 Å². The molecule has 0 aromatic heterocycles. The van der Waals surface area contributed by atoms with Gasteiger partial charge in [0, 0.05) is 35.9 Å². The van der Waals surface area contributed by atoms with Gasteiger partial charge in [0.25, 0.3) is 0 Å². The Morgan fingerprint density at radius 2 is 0.929 bits per heavy atom. The van der Waals surface area contributed by atoms with Crippen molar-refractivity contribution in [2.24, 2.45) is 21.7 Å². The number of rotatable bonds is 23. The number of esters is 6. The highest BCUT2D eigenvalue weighted by Crippen LogP contribution is 2.41. The van der Waals surface area contributed by atoms with E-state index < -0.39 is 80.9 Å². The highest BCUT2D eigenvalue weighted by molar-refractivity contribution is 7.99. The molecule has 4 atom stereocenters. The van der Waals surface area contributed by atoms with Crippen molar-refractivity contribution < 1.29 is 66.7 Å². The fraction of sp³-hybridized carbons (Fsp3) is 0.850. The van der Waals surface area contributed by atoms with Crippen molar-refractivity contribution in [2.75, 3.05) is 62.7 Å². The molecule has 56 heavy (non-hydrogen) atoms. The molecule has 2 rings (SSSR count). The minimum Gasteiger partial charge on any atom is -0.463 e. The number of carbonyl (C=O) groups excluding carboxylic acids is 6. The van der Waals surface area contributed by atoms with Crippen LogP contribution in [0.3, 0.4) is 0 Å². The van der Waals surface area contributed by atoms with Crippen molar-refractivity contribution in [3.8, 4) is 0 Å². The van der Waals surface area contributed by atoms with Gasteiger partial charge in [-0.2, -0.15) is 23.5 Å². The van der Waals surface area contributed by atoms with E-state index in [-0.39, 0.29) is 26.1 Å². The second-order valence-corrected chi connectivity index (χ2v) is 20.5. The Morgan fingerprint density at radius 1 is 0.554 bits per heavy atom. The molecule has 0 aromatic rings. The number of carbonyl (C=O) groups is 6. The second-order valence-electron chi connectivity index (χ2n) is 18.3. The lowest BCUT2D eigenvalue weighted by molar-refractivity contribution is -0.174. The van der Waals surface area contributed by atoms with Crippen LogP contribution < -0.4 is 0 Å². The van der Waals surface area contributed by atoms with Crippen molar-refractivity contribution in [3.05, 3.63) is 0 Å². The van der Waals surface area contributed by atoms with E-state index in [1.165, 1.54) is 23.5 Å². The molecule has 0 aliphatic carbocycles. The van der Waals surface area contributed by atoms with E-state index in [9.17, 15) is 28.8 Å². The minimum absolute atomic E-state index is 0.145. The number of hydrogen-bond donors (Lipinski definition) is 0. The van der Waals surface area contributed by atoms with Crippen LogP contribution in [0.2, 0.25) is 0 Å². The Hall–Kier alpha value is -2.56. The van der Waals surface area contributed by atoms with Gasteiger partial charge in [-0.25, -0.2) is 9.59 Å². The van der Waals surface area contributed by atoms with Gasteiger partial charge < -0.3 is 37.9 Å². The fourth-order valence-electron chi connectivity index (χ4n) is 6.16. The van der Waals surface area contributed by atoms with Crippen LogP contribution in [0, 0.1) is 21.7 Å². The smallest absolute Gasteiger partial charge is 0.347 e. The van der Waals surface area contributed by atoms with Gasteiger partial charge in [-0.1, -0.05) is 0 Å². The zero-order valence-corrected chi connectivity index (χ0v) is 37.2. The molecule has 0 radical (unpaired) electrons. The molecule has 0 saturated carbocycles. The van der Waals surface area contributed by atoms with E-state index >= 15 is 0 Å². The van der Waals surface area contributed by atoms with Crippen LogP contribution >= 0.6 is 23.5 Å². The van der Waals surface area contributed by atoms with Gasteiger partial charge in [-0.15, -0.1) is 0 Å². The van der Waals surface area contributed by atoms with Crippen LogP contribution in [0.5, 0.6) is 0 Å². The molecule has 2 saturated heterocycles. The van der Waals surface area contributed by atoms with E-state index in [1.807, 2.05) is 0 Å². The van der Waals surface area contributed by atoms with Crippen molar-refractivity contribution in [1.29, 1.82) is 0 Å². The third kappa shape index (κ3) is 16.7. The zero-order chi connectivity index (χ0) is 42.6. The second kappa shape index (κ2) is 20.9. The predicted octanol–water partition coefficient (Wildman–Crippen LogP) is 5.73. The van der Waals surface area contributed by atoms with E-state index in [0.717, 1.165) is 0 Å². The quantitative estimate of drug-likeness (QED) is 0.0692. The van der Waals surface area contributed by atoms with Gasteiger partial charge in [-0.05, 0) is 95.9 Å². The van der Waals surface area contributed by atoms with Crippen molar-refractivity contribution in [2.45, 2.75) is 132 Å². The number of ether oxygens (including phenoxy) is 8. The molecule has 16 heteroatoms. The Morgan fingerprint density at radius 3 is 1.32 bits per heavy atom. The van der Waals surface area contributed by atoms with Gasteiger partial charge in [0.05, 0.1) is 61.3 Å². The topological polar surface area (TPSA) is 176 Å². The number of cyclic esters (lactones) is 2. The molecule has 0 bridgehead atoms. The Kier molecular flexibility index (Phi) is 18.5.